The average molecular weight is 249 g/mol. The lowest BCUT2D eigenvalue weighted by Gasteiger charge is -2.19. The molecule has 0 fully saturated rings. The molecule has 0 spiro atoms. The smallest absolute Gasteiger partial charge is 0.0931 e. The van der Waals surface area contributed by atoms with E-state index in [1.807, 2.05) is 23.2 Å². The topological polar surface area (TPSA) is 57.2 Å². The van der Waals surface area contributed by atoms with Crippen LogP contribution in [0.15, 0.2) is 48.1 Å². The van der Waals surface area contributed by atoms with Gasteiger partial charge in [-0.1, -0.05) is 6.08 Å². The summed E-state index contributed by atoms with van der Waals surface area (Å²) < 4.78 is 0. The summed E-state index contributed by atoms with van der Waals surface area (Å²) in [4.78, 5) is 11.4. The van der Waals surface area contributed by atoms with E-state index in [0.29, 0.717) is 0 Å². The molecule has 3 heterocycles. The van der Waals surface area contributed by atoms with Gasteiger partial charge in [-0.05, 0) is 24.3 Å². The SMILES string of the molecule is C1=c2cc3[nH]cnc3cc2=NN(c2ccncc2)C1. The molecule has 0 bridgehead atoms. The molecule has 0 unspecified atom stereocenters. The molecular formula is C14H11N5. The normalized spacial score (nSPS) is 13.8. The first-order chi connectivity index (χ1) is 9.40. The van der Waals surface area contributed by atoms with E-state index in [0.717, 1.165) is 33.8 Å². The Kier molecular flexibility index (Phi) is 2.11. The van der Waals surface area contributed by atoms with Gasteiger partial charge in [0, 0.05) is 17.6 Å². The molecule has 0 aliphatic carbocycles. The van der Waals surface area contributed by atoms with Crippen LogP contribution < -0.4 is 15.6 Å². The van der Waals surface area contributed by atoms with Gasteiger partial charge in [0.2, 0.25) is 0 Å². The number of anilines is 1. The van der Waals surface area contributed by atoms with E-state index >= 15 is 0 Å². The molecule has 0 saturated heterocycles. The Bertz CT molecular complexity index is 850. The molecule has 0 amide bonds. The standard InChI is InChI=1S/C14H11N5/c1-4-15-5-2-11(1)19-6-3-10-7-13-14(17-9-16-13)8-12(10)18-19/h1-5,7-9H,6H2,(H,16,17). The lowest BCUT2D eigenvalue weighted by molar-refractivity contribution is 0.896. The average Bonchev–Trinajstić information content (AvgIpc) is 2.92. The number of benzene rings is 1. The highest BCUT2D eigenvalue weighted by Crippen LogP contribution is 2.13. The van der Waals surface area contributed by atoms with Gasteiger partial charge >= 0.3 is 0 Å². The Hall–Kier alpha value is -2.69. The quantitative estimate of drug-likeness (QED) is 0.694. The van der Waals surface area contributed by atoms with Gasteiger partial charge in [-0.2, -0.15) is 5.10 Å². The predicted molar refractivity (Wildman–Crippen MR) is 72.9 cm³/mol. The number of pyridine rings is 1. The maximum absolute atomic E-state index is 4.67. The van der Waals surface area contributed by atoms with Crippen LogP contribution in [0.4, 0.5) is 5.69 Å². The fraction of sp³-hybridized carbons (Fsp3) is 0.0714. The highest BCUT2D eigenvalue weighted by molar-refractivity contribution is 5.74. The maximum atomic E-state index is 4.67. The third kappa shape index (κ3) is 1.67. The minimum Gasteiger partial charge on any atom is -0.345 e. The van der Waals surface area contributed by atoms with E-state index in [1.165, 1.54) is 0 Å². The van der Waals surface area contributed by atoms with Crippen molar-refractivity contribution >= 4 is 22.8 Å². The Balaban J connectivity index is 1.90. The molecule has 5 nitrogen and oxygen atoms in total. The third-order valence-corrected chi connectivity index (χ3v) is 3.24. The first kappa shape index (κ1) is 10.3. The highest BCUT2D eigenvalue weighted by atomic mass is 15.5. The number of hydrogen-bond acceptors (Lipinski definition) is 4. The Morgan fingerprint density at radius 1 is 1.16 bits per heavy atom. The summed E-state index contributed by atoms with van der Waals surface area (Å²) in [7, 11) is 0. The van der Waals surface area contributed by atoms with Crippen molar-refractivity contribution in [3.63, 3.8) is 0 Å². The molecule has 4 rings (SSSR count). The summed E-state index contributed by atoms with van der Waals surface area (Å²) in [5.41, 5.74) is 3.02. The van der Waals surface area contributed by atoms with Crippen LogP contribution in [0.2, 0.25) is 0 Å². The second-order valence-corrected chi connectivity index (χ2v) is 4.42. The zero-order valence-corrected chi connectivity index (χ0v) is 10.1. The minimum atomic E-state index is 0.761. The van der Waals surface area contributed by atoms with Crippen molar-refractivity contribution in [2.24, 2.45) is 5.10 Å². The fourth-order valence-corrected chi connectivity index (χ4v) is 2.27. The van der Waals surface area contributed by atoms with E-state index in [-0.39, 0.29) is 0 Å². The van der Waals surface area contributed by atoms with Crippen molar-refractivity contribution in [2.45, 2.75) is 0 Å². The summed E-state index contributed by atoms with van der Waals surface area (Å²) in [6, 6.07) is 8.00. The van der Waals surface area contributed by atoms with Crippen LogP contribution in [0, 0.1) is 0 Å². The third-order valence-electron chi connectivity index (χ3n) is 3.24. The van der Waals surface area contributed by atoms with Gasteiger partial charge in [0.1, 0.15) is 0 Å². The largest absolute Gasteiger partial charge is 0.345 e. The molecule has 0 atom stereocenters. The van der Waals surface area contributed by atoms with Crippen molar-refractivity contribution in [3.05, 3.63) is 53.6 Å². The Morgan fingerprint density at radius 3 is 2.95 bits per heavy atom. The van der Waals surface area contributed by atoms with Crippen LogP contribution in [0.25, 0.3) is 17.1 Å². The number of fused-ring (bicyclic) bond motifs is 2. The molecule has 0 radical (unpaired) electrons. The number of aromatic nitrogens is 3. The first-order valence-electron chi connectivity index (χ1n) is 6.10. The molecule has 5 heteroatoms. The van der Waals surface area contributed by atoms with Gasteiger partial charge in [-0.25, -0.2) is 4.98 Å². The van der Waals surface area contributed by atoms with Gasteiger partial charge in [0.15, 0.2) is 0 Å². The summed E-state index contributed by atoms with van der Waals surface area (Å²) in [5.74, 6) is 0. The number of imidazole rings is 1. The molecule has 1 aliphatic heterocycles. The van der Waals surface area contributed by atoms with Crippen LogP contribution in [0.1, 0.15) is 0 Å². The monoisotopic (exact) mass is 249 g/mol. The van der Waals surface area contributed by atoms with Gasteiger partial charge in [0.25, 0.3) is 0 Å². The van der Waals surface area contributed by atoms with Crippen molar-refractivity contribution < 1.29 is 0 Å². The van der Waals surface area contributed by atoms with Crippen molar-refractivity contribution in [1.82, 2.24) is 15.0 Å². The van der Waals surface area contributed by atoms with Crippen LogP contribution in [-0.2, 0) is 0 Å². The molecule has 1 N–H and O–H groups in total. The van der Waals surface area contributed by atoms with Crippen molar-refractivity contribution in [1.29, 1.82) is 0 Å². The molecule has 3 aromatic rings. The van der Waals surface area contributed by atoms with Crippen molar-refractivity contribution in [3.8, 4) is 0 Å². The highest BCUT2D eigenvalue weighted by Gasteiger charge is 2.08. The lowest BCUT2D eigenvalue weighted by Crippen LogP contribution is -2.36. The van der Waals surface area contributed by atoms with E-state index in [1.54, 1.807) is 18.7 Å². The van der Waals surface area contributed by atoms with E-state index in [2.05, 4.69) is 32.2 Å². The van der Waals surface area contributed by atoms with Gasteiger partial charge in [0.05, 0.1) is 35.0 Å². The first-order valence-corrected chi connectivity index (χ1v) is 6.10. The number of nitrogens with one attached hydrogen (secondary N) is 1. The second-order valence-electron chi connectivity index (χ2n) is 4.42. The van der Waals surface area contributed by atoms with Crippen LogP contribution in [0.5, 0.6) is 0 Å². The van der Waals surface area contributed by atoms with Gasteiger partial charge in [-0.15, -0.1) is 0 Å². The number of aromatic amines is 1. The fourth-order valence-electron chi connectivity index (χ4n) is 2.27. The summed E-state index contributed by atoms with van der Waals surface area (Å²) >= 11 is 0. The number of rotatable bonds is 1. The molecule has 1 aromatic carbocycles. The van der Waals surface area contributed by atoms with E-state index < -0.39 is 0 Å². The zero-order valence-electron chi connectivity index (χ0n) is 10.1. The van der Waals surface area contributed by atoms with E-state index in [4.69, 9.17) is 0 Å². The molecule has 0 saturated carbocycles. The van der Waals surface area contributed by atoms with E-state index in [9.17, 15) is 0 Å². The lowest BCUT2D eigenvalue weighted by atomic mass is 10.2. The number of hydrogen-bond donors (Lipinski definition) is 1. The number of nitrogens with zero attached hydrogens (tertiary/aromatic N) is 4. The predicted octanol–water partition coefficient (Wildman–Crippen LogP) is 0.793. The zero-order chi connectivity index (χ0) is 12.7. The summed E-state index contributed by atoms with van der Waals surface area (Å²) in [6.07, 6.45) is 7.42. The Labute approximate surface area is 108 Å². The van der Waals surface area contributed by atoms with Crippen molar-refractivity contribution in [2.75, 3.05) is 11.6 Å². The number of H-pyrrole nitrogens is 1. The minimum absolute atomic E-state index is 0.761. The van der Waals surface area contributed by atoms with Gasteiger partial charge < -0.3 is 4.98 Å². The summed E-state index contributed by atoms with van der Waals surface area (Å²) in [6.45, 7) is 0.761. The van der Waals surface area contributed by atoms with Crippen LogP contribution in [0.3, 0.4) is 0 Å². The van der Waals surface area contributed by atoms with Crippen LogP contribution in [-0.4, -0.2) is 21.5 Å². The maximum Gasteiger partial charge on any atom is 0.0931 e. The molecule has 19 heavy (non-hydrogen) atoms. The second kappa shape index (κ2) is 3.91. The molecule has 92 valence electrons. The Morgan fingerprint density at radius 2 is 2.05 bits per heavy atom. The molecule has 1 aliphatic rings. The molecule has 2 aromatic heterocycles. The van der Waals surface area contributed by atoms with Crippen LogP contribution >= 0.6 is 0 Å². The molecular weight excluding hydrogens is 238 g/mol. The summed E-state index contributed by atoms with van der Waals surface area (Å²) in [5, 5.41) is 8.71. The van der Waals surface area contributed by atoms with Gasteiger partial charge in [-0.3, -0.25) is 9.99 Å².